The van der Waals surface area contributed by atoms with Crippen LogP contribution in [0, 0.1) is 18.3 Å². The Morgan fingerprint density at radius 2 is 1.79 bits per heavy atom. The summed E-state index contributed by atoms with van der Waals surface area (Å²) in [5.74, 6) is 1.74. The quantitative estimate of drug-likeness (QED) is 0.399. The summed E-state index contributed by atoms with van der Waals surface area (Å²) >= 11 is 0. The molecule has 0 bridgehead atoms. The van der Waals surface area contributed by atoms with Crippen molar-refractivity contribution in [3.63, 3.8) is 0 Å². The monoisotopic (exact) mass is 459 g/mol. The maximum Gasteiger partial charge on any atom is 0.220 e. The topological polar surface area (TPSA) is 51.5 Å². The van der Waals surface area contributed by atoms with Crippen molar-refractivity contribution in [1.29, 1.82) is 0 Å². The number of carbonyl (C=O) groups excluding carboxylic acids is 1. The number of aryl methyl sites for hydroxylation is 1. The largest absolute Gasteiger partial charge is 0.469 e. The molecule has 0 aliphatic carbocycles. The zero-order chi connectivity index (χ0) is 24.0. The van der Waals surface area contributed by atoms with E-state index in [0.717, 1.165) is 31.8 Å². The first-order valence-electron chi connectivity index (χ1n) is 12.4. The smallest absolute Gasteiger partial charge is 0.220 e. The molecule has 4 rings (SSSR count). The Kier molecular flexibility index (Phi) is 7.89. The molecular weight excluding hydrogens is 422 g/mol. The third-order valence-electron chi connectivity index (χ3n) is 7.29. The number of carbonyl (C=O) groups is 1. The summed E-state index contributed by atoms with van der Waals surface area (Å²) in [6.07, 6.45) is 3.98. The first kappa shape index (κ1) is 24.3. The average Bonchev–Trinajstić information content (AvgIpc) is 3.36. The summed E-state index contributed by atoms with van der Waals surface area (Å²) in [7, 11) is 0. The van der Waals surface area contributed by atoms with E-state index in [0.29, 0.717) is 18.9 Å². The van der Waals surface area contributed by atoms with E-state index in [-0.39, 0.29) is 23.2 Å². The minimum Gasteiger partial charge on any atom is -0.469 e. The van der Waals surface area contributed by atoms with Gasteiger partial charge in [-0.2, -0.15) is 0 Å². The fraction of sp³-hybridized carbons (Fsp3) is 0.433. The molecule has 2 heterocycles. The Hall–Kier alpha value is -2.85. The van der Waals surface area contributed by atoms with Crippen molar-refractivity contribution in [2.24, 2.45) is 11.3 Å². The predicted octanol–water partition coefficient (Wildman–Crippen LogP) is 6.46. The number of hydrogen-bond acceptors (Lipinski definition) is 3. The molecule has 4 heteroatoms. The number of nitrogens with one attached hydrogen (secondary N) is 1. The zero-order valence-electron chi connectivity index (χ0n) is 20.6. The number of rotatable bonds is 9. The lowest BCUT2D eigenvalue weighted by molar-refractivity contribution is -0.122. The number of furan rings is 1. The highest BCUT2D eigenvalue weighted by molar-refractivity contribution is 5.77. The van der Waals surface area contributed by atoms with Crippen LogP contribution in [0.1, 0.15) is 67.4 Å². The molecule has 1 aliphatic rings. The van der Waals surface area contributed by atoms with E-state index in [1.54, 1.807) is 6.26 Å². The van der Waals surface area contributed by atoms with Crippen LogP contribution in [0.3, 0.4) is 0 Å². The van der Waals surface area contributed by atoms with Crippen LogP contribution in [0.4, 0.5) is 0 Å². The van der Waals surface area contributed by atoms with Crippen LogP contribution < -0.4 is 5.32 Å². The van der Waals surface area contributed by atoms with E-state index < -0.39 is 0 Å². The lowest BCUT2D eigenvalue weighted by atomic mass is 9.66. The molecule has 1 aliphatic heterocycles. The van der Waals surface area contributed by atoms with Crippen LogP contribution in [0.25, 0.3) is 0 Å². The second kappa shape index (κ2) is 11.1. The molecule has 4 nitrogen and oxygen atoms in total. The molecule has 1 N–H and O–H groups in total. The number of amides is 1. The Morgan fingerprint density at radius 1 is 1.03 bits per heavy atom. The van der Waals surface area contributed by atoms with Crippen LogP contribution >= 0.6 is 0 Å². The summed E-state index contributed by atoms with van der Waals surface area (Å²) in [6, 6.07) is 23.0. The molecule has 0 unspecified atom stereocenters. The maximum absolute atomic E-state index is 13.2. The van der Waals surface area contributed by atoms with Crippen LogP contribution in [0.2, 0.25) is 0 Å². The van der Waals surface area contributed by atoms with Crippen LogP contribution in [0.5, 0.6) is 0 Å². The summed E-state index contributed by atoms with van der Waals surface area (Å²) in [5, 5.41) is 3.21. The van der Waals surface area contributed by atoms with E-state index in [4.69, 9.17) is 9.15 Å². The number of ether oxygens (including phenoxy) is 1. The normalized spacial score (nSPS) is 19.3. The summed E-state index contributed by atoms with van der Waals surface area (Å²) in [6.45, 7) is 8.73. The van der Waals surface area contributed by atoms with Gasteiger partial charge in [-0.3, -0.25) is 4.79 Å². The molecule has 34 heavy (non-hydrogen) atoms. The Morgan fingerprint density at radius 3 is 2.47 bits per heavy atom. The second-order valence-corrected chi connectivity index (χ2v) is 10.3. The van der Waals surface area contributed by atoms with Crippen LogP contribution in [0.15, 0.2) is 77.4 Å². The number of benzene rings is 2. The Balaban J connectivity index is 1.42. The molecule has 180 valence electrons. The third-order valence-corrected chi connectivity index (χ3v) is 7.29. The van der Waals surface area contributed by atoms with Crippen LogP contribution in [-0.4, -0.2) is 25.7 Å². The fourth-order valence-corrected chi connectivity index (χ4v) is 5.37. The minimum absolute atomic E-state index is 0.0366. The van der Waals surface area contributed by atoms with Crippen molar-refractivity contribution in [2.75, 3.05) is 19.8 Å². The van der Waals surface area contributed by atoms with Gasteiger partial charge in [0.05, 0.1) is 12.9 Å². The molecule has 2 aromatic carbocycles. The SMILES string of the molecule is Cc1ccc([C@H](CCNC(=O)C[C@H](c2ccccc2)[C@H]2CCOCC2(C)C)c2ccco2)cc1. The van der Waals surface area contributed by atoms with Gasteiger partial charge in [-0.25, -0.2) is 0 Å². The van der Waals surface area contributed by atoms with Crippen molar-refractivity contribution in [3.05, 3.63) is 95.4 Å². The minimum atomic E-state index is 0.0366. The number of hydrogen-bond donors (Lipinski definition) is 1. The van der Waals surface area contributed by atoms with Gasteiger partial charge in [0.15, 0.2) is 0 Å². The molecule has 1 aromatic heterocycles. The van der Waals surface area contributed by atoms with E-state index >= 15 is 0 Å². The lowest BCUT2D eigenvalue weighted by Crippen LogP contribution is -2.40. The van der Waals surface area contributed by atoms with E-state index in [2.05, 4.69) is 74.6 Å². The third kappa shape index (κ3) is 5.98. The van der Waals surface area contributed by atoms with E-state index in [1.165, 1.54) is 16.7 Å². The van der Waals surface area contributed by atoms with Gasteiger partial charge in [0.1, 0.15) is 5.76 Å². The Labute approximate surface area is 203 Å². The van der Waals surface area contributed by atoms with Crippen molar-refractivity contribution in [1.82, 2.24) is 5.32 Å². The second-order valence-electron chi connectivity index (χ2n) is 10.3. The Bertz CT molecular complexity index is 1020. The summed E-state index contributed by atoms with van der Waals surface area (Å²) in [4.78, 5) is 13.2. The van der Waals surface area contributed by atoms with Gasteiger partial charge in [0.2, 0.25) is 5.91 Å². The molecule has 3 aromatic rings. The zero-order valence-corrected chi connectivity index (χ0v) is 20.6. The summed E-state index contributed by atoms with van der Waals surface area (Å²) < 4.78 is 11.5. The van der Waals surface area contributed by atoms with Crippen molar-refractivity contribution < 1.29 is 13.9 Å². The highest BCUT2D eigenvalue weighted by Gasteiger charge is 2.39. The molecule has 1 saturated heterocycles. The first-order valence-corrected chi connectivity index (χ1v) is 12.4. The van der Waals surface area contributed by atoms with Gasteiger partial charge >= 0.3 is 0 Å². The molecular formula is C30H37NO3. The van der Waals surface area contributed by atoms with Crippen molar-refractivity contribution >= 4 is 5.91 Å². The van der Waals surface area contributed by atoms with Crippen molar-refractivity contribution in [3.8, 4) is 0 Å². The maximum atomic E-state index is 13.2. The van der Waals surface area contributed by atoms with Gasteiger partial charge < -0.3 is 14.5 Å². The van der Waals surface area contributed by atoms with E-state index in [9.17, 15) is 4.79 Å². The van der Waals surface area contributed by atoms with Gasteiger partial charge in [0, 0.05) is 25.5 Å². The molecule has 1 amide bonds. The lowest BCUT2D eigenvalue weighted by Gasteiger charge is -2.43. The fourth-order valence-electron chi connectivity index (χ4n) is 5.37. The standard InChI is InChI=1S/C30H37NO3/c1-22-11-13-24(14-12-22)25(28-10-7-18-34-28)15-17-31-29(32)20-26(23-8-5-4-6-9-23)27-16-19-33-21-30(27,2)3/h4-14,18,25-27H,15-17,19-21H2,1-3H3,(H,31,32)/t25-,26+,27+/m0/s1. The summed E-state index contributed by atoms with van der Waals surface area (Å²) in [5.41, 5.74) is 3.72. The predicted molar refractivity (Wildman–Crippen MR) is 136 cm³/mol. The average molecular weight is 460 g/mol. The first-order chi connectivity index (χ1) is 16.4. The van der Waals surface area contributed by atoms with E-state index in [1.807, 2.05) is 18.2 Å². The van der Waals surface area contributed by atoms with Gasteiger partial charge in [-0.1, -0.05) is 74.0 Å². The molecule has 1 fully saturated rings. The highest BCUT2D eigenvalue weighted by atomic mass is 16.5. The van der Waals surface area contributed by atoms with Gasteiger partial charge in [-0.05, 0) is 60.3 Å². The van der Waals surface area contributed by atoms with Gasteiger partial charge in [0.25, 0.3) is 0 Å². The van der Waals surface area contributed by atoms with Gasteiger partial charge in [-0.15, -0.1) is 0 Å². The molecule has 0 saturated carbocycles. The highest BCUT2D eigenvalue weighted by Crippen LogP contribution is 2.44. The molecule has 0 spiro atoms. The van der Waals surface area contributed by atoms with Crippen molar-refractivity contribution in [2.45, 2.75) is 51.9 Å². The molecule has 0 radical (unpaired) electrons. The molecule has 3 atom stereocenters. The van der Waals surface area contributed by atoms with Crippen LogP contribution in [-0.2, 0) is 9.53 Å².